The molecule has 0 fully saturated rings. The second-order valence-corrected chi connectivity index (χ2v) is 4.59. The fourth-order valence-corrected chi connectivity index (χ4v) is 1.90. The maximum Gasteiger partial charge on any atom is 0.320 e. The molecule has 0 heterocycles. The minimum absolute atomic E-state index is 0.432. The molecule has 0 amide bonds. The molecule has 0 aliphatic heterocycles. The topological polar surface area (TPSA) is 58.6 Å². The van der Waals surface area contributed by atoms with Gasteiger partial charge in [0, 0.05) is 0 Å². The van der Waals surface area contributed by atoms with Crippen LogP contribution >= 0.6 is 0 Å². The third-order valence-electron chi connectivity index (χ3n) is 3.11. The SMILES string of the molecule is CCCCC(NCCc1ccc(OC)cc1)C(=O)O. The first-order valence-electron chi connectivity index (χ1n) is 6.76. The van der Waals surface area contributed by atoms with Crippen LogP contribution in [0.15, 0.2) is 24.3 Å². The minimum atomic E-state index is -0.761. The average Bonchev–Trinajstić information content (AvgIpc) is 2.43. The van der Waals surface area contributed by atoms with E-state index in [1.807, 2.05) is 24.3 Å². The molecule has 4 nitrogen and oxygen atoms in total. The van der Waals surface area contributed by atoms with Crippen molar-refractivity contribution in [3.63, 3.8) is 0 Å². The molecular formula is C15H23NO3. The molecule has 106 valence electrons. The lowest BCUT2D eigenvalue weighted by Crippen LogP contribution is -2.37. The highest BCUT2D eigenvalue weighted by Crippen LogP contribution is 2.11. The number of carbonyl (C=O) groups is 1. The standard InChI is InChI=1S/C15H23NO3/c1-3-4-5-14(15(17)18)16-11-10-12-6-8-13(19-2)9-7-12/h6-9,14,16H,3-5,10-11H2,1-2H3,(H,17,18). The Hall–Kier alpha value is -1.55. The van der Waals surface area contributed by atoms with Crippen LogP contribution in [0.4, 0.5) is 0 Å². The van der Waals surface area contributed by atoms with Gasteiger partial charge in [-0.15, -0.1) is 0 Å². The van der Waals surface area contributed by atoms with Crippen molar-refractivity contribution in [2.45, 2.75) is 38.6 Å². The van der Waals surface area contributed by atoms with Gasteiger partial charge in [-0.25, -0.2) is 0 Å². The molecule has 0 spiro atoms. The lowest BCUT2D eigenvalue weighted by atomic mass is 10.1. The van der Waals surface area contributed by atoms with Crippen molar-refractivity contribution in [2.24, 2.45) is 0 Å². The molecule has 2 N–H and O–H groups in total. The quantitative estimate of drug-likeness (QED) is 0.720. The van der Waals surface area contributed by atoms with E-state index in [4.69, 9.17) is 9.84 Å². The molecule has 4 heteroatoms. The van der Waals surface area contributed by atoms with Crippen LogP contribution in [0.1, 0.15) is 31.7 Å². The first kappa shape index (κ1) is 15.5. The molecular weight excluding hydrogens is 242 g/mol. The van der Waals surface area contributed by atoms with Gasteiger partial charge in [0.15, 0.2) is 0 Å². The highest BCUT2D eigenvalue weighted by atomic mass is 16.5. The number of hydrogen-bond donors (Lipinski definition) is 2. The van der Waals surface area contributed by atoms with Crippen molar-refractivity contribution in [3.8, 4) is 5.75 Å². The van der Waals surface area contributed by atoms with Crippen molar-refractivity contribution in [1.29, 1.82) is 0 Å². The summed E-state index contributed by atoms with van der Waals surface area (Å²) in [5.74, 6) is 0.0752. The zero-order chi connectivity index (χ0) is 14.1. The zero-order valence-corrected chi connectivity index (χ0v) is 11.7. The molecule has 0 saturated heterocycles. The number of aliphatic carboxylic acids is 1. The van der Waals surface area contributed by atoms with Crippen molar-refractivity contribution >= 4 is 5.97 Å². The molecule has 0 radical (unpaired) electrons. The molecule has 0 bridgehead atoms. The van der Waals surface area contributed by atoms with E-state index < -0.39 is 12.0 Å². The van der Waals surface area contributed by atoms with Crippen molar-refractivity contribution in [2.75, 3.05) is 13.7 Å². The number of rotatable bonds is 9. The Morgan fingerprint density at radius 3 is 2.58 bits per heavy atom. The molecule has 1 aromatic carbocycles. The summed E-state index contributed by atoms with van der Waals surface area (Å²) >= 11 is 0. The van der Waals surface area contributed by atoms with E-state index in [0.717, 1.165) is 25.0 Å². The van der Waals surface area contributed by atoms with E-state index in [-0.39, 0.29) is 0 Å². The van der Waals surface area contributed by atoms with Gasteiger partial charge in [0.2, 0.25) is 0 Å². The number of ether oxygens (including phenoxy) is 1. The molecule has 0 aromatic heterocycles. The normalized spacial score (nSPS) is 12.1. The molecule has 0 saturated carbocycles. The van der Waals surface area contributed by atoms with Crippen LogP contribution in [-0.2, 0) is 11.2 Å². The van der Waals surface area contributed by atoms with Crippen molar-refractivity contribution in [1.82, 2.24) is 5.32 Å². The van der Waals surface area contributed by atoms with E-state index in [1.165, 1.54) is 5.56 Å². The second-order valence-electron chi connectivity index (χ2n) is 4.59. The van der Waals surface area contributed by atoms with Crippen LogP contribution in [0.3, 0.4) is 0 Å². The van der Waals surface area contributed by atoms with E-state index in [2.05, 4.69) is 12.2 Å². The number of carboxylic acids is 1. The molecule has 1 unspecified atom stereocenters. The van der Waals surface area contributed by atoms with Gasteiger partial charge in [0.25, 0.3) is 0 Å². The van der Waals surface area contributed by atoms with Crippen molar-refractivity contribution < 1.29 is 14.6 Å². The van der Waals surface area contributed by atoms with Crippen LogP contribution in [-0.4, -0.2) is 30.8 Å². The molecule has 1 atom stereocenters. The summed E-state index contributed by atoms with van der Waals surface area (Å²) in [5.41, 5.74) is 1.17. The Kier molecular flexibility index (Phi) is 6.97. The van der Waals surface area contributed by atoms with Crippen molar-refractivity contribution in [3.05, 3.63) is 29.8 Å². The van der Waals surface area contributed by atoms with E-state index in [0.29, 0.717) is 13.0 Å². The molecule has 19 heavy (non-hydrogen) atoms. The fraction of sp³-hybridized carbons (Fsp3) is 0.533. The third-order valence-corrected chi connectivity index (χ3v) is 3.11. The summed E-state index contributed by atoms with van der Waals surface area (Å²) in [6.07, 6.45) is 3.46. The molecule has 1 rings (SSSR count). The van der Waals surface area contributed by atoms with Crippen LogP contribution < -0.4 is 10.1 Å². The third kappa shape index (κ3) is 5.75. The van der Waals surface area contributed by atoms with E-state index >= 15 is 0 Å². The lowest BCUT2D eigenvalue weighted by Gasteiger charge is -2.14. The van der Waals surface area contributed by atoms with Gasteiger partial charge >= 0.3 is 5.97 Å². The Balaban J connectivity index is 2.36. The Bertz CT molecular complexity index is 375. The maximum absolute atomic E-state index is 11.1. The van der Waals surface area contributed by atoms with Crippen LogP contribution in [0.2, 0.25) is 0 Å². The summed E-state index contributed by atoms with van der Waals surface area (Å²) in [6, 6.07) is 7.41. The fourth-order valence-electron chi connectivity index (χ4n) is 1.90. The van der Waals surface area contributed by atoms with Gasteiger partial charge < -0.3 is 15.2 Å². The summed E-state index contributed by atoms with van der Waals surface area (Å²) in [4.78, 5) is 11.1. The summed E-state index contributed by atoms with van der Waals surface area (Å²) in [6.45, 7) is 2.74. The number of unbranched alkanes of at least 4 members (excludes halogenated alkanes) is 1. The van der Waals surface area contributed by atoms with Gasteiger partial charge in [-0.2, -0.15) is 0 Å². The largest absolute Gasteiger partial charge is 0.497 e. The van der Waals surface area contributed by atoms with Crippen LogP contribution in [0.5, 0.6) is 5.75 Å². The number of benzene rings is 1. The summed E-state index contributed by atoms with van der Waals surface area (Å²) in [5, 5.41) is 12.2. The van der Waals surface area contributed by atoms with Crippen LogP contribution in [0.25, 0.3) is 0 Å². The molecule has 0 aliphatic rings. The molecule has 0 aliphatic carbocycles. The maximum atomic E-state index is 11.1. The second kappa shape index (κ2) is 8.53. The van der Waals surface area contributed by atoms with E-state index in [1.54, 1.807) is 7.11 Å². The summed E-state index contributed by atoms with van der Waals surface area (Å²) < 4.78 is 5.09. The number of hydrogen-bond acceptors (Lipinski definition) is 3. The van der Waals surface area contributed by atoms with Gasteiger partial charge in [-0.3, -0.25) is 4.79 Å². The van der Waals surface area contributed by atoms with E-state index in [9.17, 15) is 4.79 Å². The van der Waals surface area contributed by atoms with Gasteiger partial charge in [0.05, 0.1) is 7.11 Å². The number of carboxylic acid groups (broad SMARTS) is 1. The number of methoxy groups -OCH3 is 1. The predicted molar refractivity (Wildman–Crippen MR) is 75.6 cm³/mol. The zero-order valence-electron chi connectivity index (χ0n) is 11.7. The van der Waals surface area contributed by atoms with Gasteiger partial charge in [-0.1, -0.05) is 31.9 Å². The smallest absolute Gasteiger partial charge is 0.320 e. The minimum Gasteiger partial charge on any atom is -0.497 e. The predicted octanol–water partition coefficient (Wildman–Crippen LogP) is 2.47. The van der Waals surface area contributed by atoms with Gasteiger partial charge in [0.1, 0.15) is 11.8 Å². The highest BCUT2D eigenvalue weighted by molar-refractivity contribution is 5.73. The first-order chi connectivity index (χ1) is 9.17. The van der Waals surface area contributed by atoms with Gasteiger partial charge in [-0.05, 0) is 37.1 Å². The lowest BCUT2D eigenvalue weighted by molar-refractivity contribution is -0.139. The Labute approximate surface area is 114 Å². The Morgan fingerprint density at radius 1 is 1.37 bits per heavy atom. The number of nitrogens with one attached hydrogen (secondary N) is 1. The average molecular weight is 265 g/mol. The van der Waals surface area contributed by atoms with Crippen LogP contribution in [0, 0.1) is 0 Å². The summed E-state index contributed by atoms with van der Waals surface area (Å²) in [7, 11) is 1.64. The molecule has 1 aromatic rings. The highest BCUT2D eigenvalue weighted by Gasteiger charge is 2.15. The Morgan fingerprint density at radius 2 is 2.05 bits per heavy atom. The monoisotopic (exact) mass is 265 g/mol. The first-order valence-corrected chi connectivity index (χ1v) is 6.76.